The maximum atomic E-state index is 14.1. The molecule has 0 radical (unpaired) electrons. The molecule has 2 aliphatic carbocycles. The monoisotopic (exact) mass is 712 g/mol. The van der Waals surface area contributed by atoms with Crippen LogP contribution in [0.4, 0.5) is 19.0 Å². The van der Waals surface area contributed by atoms with Crippen molar-refractivity contribution in [1.82, 2.24) is 14.9 Å². The summed E-state index contributed by atoms with van der Waals surface area (Å²) in [5.74, 6) is -7.28. The van der Waals surface area contributed by atoms with E-state index in [1.54, 1.807) is 30.4 Å². The number of amides is 4. The average molecular weight is 714 g/mol. The highest BCUT2D eigenvalue weighted by atomic mass is 35.5. The summed E-state index contributed by atoms with van der Waals surface area (Å²) >= 11 is 20.4. The van der Waals surface area contributed by atoms with E-state index in [1.807, 2.05) is 0 Å². The molecule has 47 heavy (non-hydrogen) atoms. The average Bonchev–Trinajstić information content (AvgIpc) is 3.35. The van der Waals surface area contributed by atoms with Gasteiger partial charge in [0.25, 0.3) is 23.6 Å². The molecule has 4 amide bonds. The zero-order valence-corrected chi connectivity index (χ0v) is 27.2. The van der Waals surface area contributed by atoms with E-state index >= 15 is 0 Å². The van der Waals surface area contributed by atoms with Crippen LogP contribution < -0.4 is 9.75 Å². The number of carbonyl (C=O) groups is 4. The molecule has 6 unspecified atom stereocenters. The third-order valence-corrected chi connectivity index (χ3v) is 11.2. The Morgan fingerprint density at radius 2 is 1.79 bits per heavy atom. The lowest BCUT2D eigenvalue weighted by atomic mass is 9.57. The van der Waals surface area contributed by atoms with Crippen LogP contribution in [0.15, 0.2) is 48.1 Å². The molecule has 1 aromatic carbocycles. The third-order valence-electron chi connectivity index (χ3n) is 9.46. The molecule has 0 spiro atoms. The number of aromatic hydroxyl groups is 1. The van der Waals surface area contributed by atoms with Crippen molar-refractivity contribution in [3.8, 4) is 11.5 Å². The first-order valence-corrected chi connectivity index (χ1v) is 15.4. The quantitative estimate of drug-likeness (QED) is 0.260. The number of rotatable bonds is 5. The Kier molecular flexibility index (Phi) is 7.84. The molecule has 16 heteroatoms. The minimum Gasteiger partial charge on any atom is -0.504 e. The van der Waals surface area contributed by atoms with Crippen molar-refractivity contribution in [3.63, 3.8) is 0 Å². The Hall–Kier alpha value is -3.81. The molecule has 1 N–H and O–H groups in total. The van der Waals surface area contributed by atoms with Crippen LogP contribution >= 0.6 is 34.8 Å². The van der Waals surface area contributed by atoms with Gasteiger partial charge in [0, 0.05) is 20.0 Å². The topological polar surface area (TPSA) is 120 Å². The van der Waals surface area contributed by atoms with E-state index in [0.717, 1.165) is 16.0 Å². The van der Waals surface area contributed by atoms with Crippen molar-refractivity contribution in [3.05, 3.63) is 64.3 Å². The maximum absolute atomic E-state index is 14.1. The molecule has 6 rings (SSSR count). The predicted octanol–water partition coefficient (Wildman–Crippen LogP) is 5.05. The van der Waals surface area contributed by atoms with Crippen LogP contribution in [0, 0.1) is 23.7 Å². The van der Waals surface area contributed by atoms with Gasteiger partial charge in [-0.3, -0.25) is 29.1 Å². The summed E-state index contributed by atoms with van der Waals surface area (Å²) in [4.78, 5) is 55.5. The fourth-order valence-electron chi connectivity index (χ4n) is 7.19. The van der Waals surface area contributed by atoms with Crippen molar-refractivity contribution in [2.75, 3.05) is 26.2 Å². The molecular weight excluding hydrogens is 688 g/mol. The number of anilines is 1. The lowest BCUT2D eigenvalue weighted by Gasteiger charge is -2.49. The zero-order chi connectivity index (χ0) is 34.4. The highest BCUT2D eigenvalue weighted by molar-refractivity contribution is 6.53. The lowest BCUT2D eigenvalue weighted by molar-refractivity contribution is -0.141. The van der Waals surface area contributed by atoms with Gasteiger partial charge in [0.1, 0.15) is 5.69 Å². The van der Waals surface area contributed by atoms with Crippen molar-refractivity contribution in [2.24, 2.45) is 23.7 Å². The molecule has 3 heterocycles. The van der Waals surface area contributed by atoms with E-state index < -0.39 is 74.7 Å². The Bertz CT molecular complexity index is 1800. The number of aromatic nitrogens is 1. The number of nitrogens with zero attached hydrogens (tertiary/aromatic N) is 4. The van der Waals surface area contributed by atoms with Gasteiger partial charge < -0.3 is 9.84 Å². The SMILES string of the molecule is COc1cc(C=CC2C3=CCC4C(=O)N(N(C)c5nc(C(F)(F)F)ccc5Cl)C(=O)C4C3CC3(Cl)C(=O)N(C)C(=O)C23Cl)ccc1O. The molecule has 4 aliphatic rings. The Morgan fingerprint density at radius 3 is 2.45 bits per heavy atom. The number of ether oxygens (including phenoxy) is 1. The summed E-state index contributed by atoms with van der Waals surface area (Å²) in [6.07, 6.45) is -0.135. The van der Waals surface area contributed by atoms with E-state index in [9.17, 15) is 37.5 Å². The van der Waals surface area contributed by atoms with Gasteiger partial charge >= 0.3 is 6.18 Å². The number of carbonyl (C=O) groups excluding carboxylic acids is 4. The summed E-state index contributed by atoms with van der Waals surface area (Å²) in [5, 5.41) is 11.4. The summed E-state index contributed by atoms with van der Waals surface area (Å²) < 4.78 is 45.6. The number of methoxy groups -OCH3 is 1. The van der Waals surface area contributed by atoms with Crippen LogP contribution in [-0.4, -0.2) is 74.6 Å². The van der Waals surface area contributed by atoms with E-state index in [0.29, 0.717) is 22.2 Å². The standard InChI is InChI=1S/C31H26Cl3F3N4O6/c1-39-27(45)29(33)13-17-15(18(30(29,34)28(39)46)8-4-14-5-10-20(42)21(12-14)47-3)6-7-16-23(17)26(44)41(25(16)43)40(2)24-19(32)9-11-22(38-24)31(35,36)37/h4-6,8-12,16-18,23,42H,7,13H2,1-3H3. The van der Waals surface area contributed by atoms with Crippen LogP contribution in [0.2, 0.25) is 5.02 Å². The number of allylic oxidation sites excluding steroid dienone is 3. The molecule has 1 saturated carbocycles. The number of halogens is 6. The second-order valence-electron chi connectivity index (χ2n) is 11.8. The van der Waals surface area contributed by atoms with Gasteiger partial charge in [-0.2, -0.15) is 18.2 Å². The summed E-state index contributed by atoms with van der Waals surface area (Å²) in [6, 6.07) is 6.19. The normalized spacial score (nSPS) is 30.4. The van der Waals surface area contributed by atoms with E-state index in [4.69, 9.17) is 39.5 Å². The third kappa shape index (κ3) is 4.72. The molecule has 1 aromatic heterocycles. The molecule has 6 atom stereocenters. The van der Waals surface area contributed by atoms with Gasteiger partial charge in [-0.05, 0) is 48.6 Å². The highest BCUT2D eigenvalue weighted by Crippen LogP contribution is 2.63. The first-order chi connectivity index (χ1) is 22.0. The predicted molar refractivity (Wildman–Crippen MR) is 164 cm³/mol. The molecular formula is C31H26Cl3F3N4O6. The van der Waals surface area contributed by atoms with Crippen LogP contribution in [0.25, 0.3) is 6.08 Å². The number of phenols is 1. The molecule has 2 aromatic rings. The second kappa shape index (κ2) is 11.1. The number of fused-ring (bicyclic) bond motifs is 4. The number of hydrogen-bond donors (Lipinski definition) is 1. The first-order valence-electron chi connectivity index (χ1n) is 14.3. The molecule has 248 valence electrons. The molecule has 3 fully saturated rings. The molecule has 10 nitrogen and oxygen atoms in total. The minimum absolute atomic E-state index is 0.0345. The van der Waals surface area contributed by atoms with Gasteiger partial charge in [-0.15, -0.1) is 23.2 Å². The largest absolute Gasteiger partial charge is 0.504 e. The summed E-state index contributed by atoms with van der Waals surface area (Å²) in [7, 11) is 3.84. The van der Waals surface area contributed by atoms with Gasteiger partial charge in [-0.1, -0.05) is 41.5 Å². The Labute approximate surface area is 281 Å². The number of likely N-dealkylation sites (tertiary alicyclic amines) is 1. The number of alkyl halides is 5. The van der Waals surface area contributed by atoms with Crippen molar-refractivity contribution < 1.29 is 42.2 Å². The number of hydrogen-bond acceptors (Lipinski definition) is 8. The van der Waals surface area contributed by atoms with Gasteiger partial charge in [0.2, 0.25) is 0 Å². The molecule has 2 saturated heterocycles. The van der Waals surface area contributed by atoms with Crippen molar-refractivity contribution in [1.29, 1.82) is 0 Å². The number of pyridine rings is 1. The first kappa shape index (κ1) is 33.1. The van der Waals surface area contributed by atoms with Crippen molar-refractivity contribution >= 4 is 70.3 Å². The number of imide groups is 2. The summed E-state index contributed by atoms with van der Waals surface area (Å²) in [6.45, 7) is 0. The summed E-state index contributed by atoms with van der Waals surface area (Å²) in [5.41, 5.74) is -0.211. The van der Waals surface area contributed by atoms with E-state index in [-0.39, 0.29) is 29.4 Å². The van der Waals surface area contributed by atoms with E-state index in [1.165, 1.54) is 27.3 Å². The van der Waals surface area contributed by atoms with Crippen LogP contribution in [0.1, 0.15) is 24.1 Å². The fraction of sp³-hybridized carbons (Fsp3) is 0.387. The van der Waals surface area contributed by atoms with Gasteiger partial charge in [0.05, 0.1) is 24.0 Å². The number of phenolic OH excluding ortho intramolecular Hbond substituents is 1. The molecule has 0 bridgehead atoms. The number of hydrazine groups is 1. The Morgan fingerprint density at radius 1 is 1.09 bits per heavy atom. The highest BCUT2D eigenvalue weighted by Gasteiger charge is 2.75. The van der Waals surface area contributed by atoms with Crippen LogP contribution in [-0.2, 0) is 25.4 Å². The second-order valence-corrected chi connectivity index (χ2v) is 13.5. The smallest absolute Gasteiger partial charge is 0.433 e. The molecule has 2 aliphatic heterocycles. The van der Waals surface area contributed by atoms with Crippen LogP contribution in [0.5, 0.6) is 11.5 Å². The number of benzene rings is 1. The van der Waals surface area contributed by atoms with Crippen LogP contribution in [0.3, 0.4) is 0 Å². The van der Waals surface area contributed by atoms with E-state index in [2.05, 4.69) is 4.98 Å². The van der Waals surface area contributed by atoms with Gasteiger partial charge in [0.15, 0.2) is 27.1 Å². The lowest BCUT2D eigenvalue weighted by Crippen LogP contribution is -2.60. The maximum Gasteiger partial charge on any atom is 0.433 e. The Balaban J connectivity index is 1.42. The van der Waals surface area contributed by atoms with Crippen molar-refractivity contribution in [2.45, 2.75) is 28.8 Å². The van der Waals surface area contributed by atoms with Gasteiger partial charge in [-0.25, -0.2) is 4.98 Å². The fourth-order valence-corrected chi connectivity index (χ4v) is 8.39. The minimum atomic E-state index is -4.82. The zero-order valence-electron chi connectivity index (χ0n) is 24.9.